The Labute approximate surface area is 226 Å². The van der Waals surface area contributed by atoms with Crippen LogP contribution < -0.4 is 0 Å². The molecule has 0 aromatic rings. The third-order valence-corrected chi connectivity index (χ3v) is 7.58. The van der Waals surface area contributed by atoms with Gasteiger partial charge < -0.3 is 4.74 Å². The van der Waals surface area contributed by atoms with Crippen molar-refractivity contribution in [3.63, 3.8) is 0 Å². The minimum atomic E-state index is -0.527. The Morgan fingerprint density at radius 3 is 1.17 bits per heavy atom. The average Bonchev–Trinajstić information content (AvgIpc) is 2.87. The van der Waals surface area contributed by atoms with Gasteiger partial charge in [0.15, 0.2) is 0 Å². The van der Waals surface area contributed by atoms with Gasteiger partial charge >= 0.3 is 5.97 Å². The van der Waals surface area contributed by atoms with E-state index in [0.29, 0.717) is 19.4 Å². The fourth-order valence-corrected chi connectivity index (χ4v) is 5.16. The van der Waals surface area contributed by atoms with Gasteiger partial charge in [0.25, 0.3) is 0 Å². The maximum Gasteiger partial charge on any atom is 0.316 e. The van der Waals surface area contributed by atoms with Crippen molar-refractivity contribution in [2.24, 2.45) is 5.92 Å². The van der Waals surface area contributed by atoms with Gasteiger partial charge in [-0.3, -0.25) is 9.59 Å². The number of carbonyl (C=O) groups excluding carboxylic acids is 2. The molecule has 214 valence electrons. The third-order valence-electron chi connectivity index (χ3n) is 7.58. The van der Waals surface area contributed by atoms with Gasteiger partial charge in [-0.15, -0.1) is 0 Å². The Hall–Kier alpha value is -0.860. The second-order valence-corrected chi connectivity index (χ2v) is 11.1. The van der Waals surface area contributed by atoms with Crippen LogP contribution in [0.3, 0.4) is 0 Å². The zero-order chi connectivity index (χ0) is 26.5. The fourth-order valence-electron chi connectivity index (χ4n) is 5.16. The highest BCUT2D eigenvalue weighted by Gasteiger charge is 2.26. The minimum absolute atomic E-state index is 0.114. The quantitative estimate of drug-likeness (QED) is 0.0573. The molecule has 0 amide bonds. The van der Waals surface area contributed by atoms with E-state index in [4.69, 9.17) is 4.74 Å². The summed E-state index contributed by atoms with van der Waals surface area (Å²) in [7, 11) is 0. The van der Waals surface area contributed by atoms with Gasteiger partial charge in [0, 0.05) is 6.42 Å². The van der Waals surface area contributed by atoms with E-state index in [9.17, 15) is 9.59 Å². The Morgan fingerprint density at radius 1 is 0.472 bits per heavy atom. The molecule has 0 aliphatic carbocycles. The van der Waals surface area contributed by atoms with Crippen molar-refractivity contribution in [3.8, 4) is 0 Å². The zero-order valence-corrected chi connectivity index (χ0v) is 24.9. The third kappa shape index (κ3) is 23.5. The lowest BCUT2D eigenvalue weighted by Crippen LogP contribution is -2.26. The van der Waals surface area contributed by atoms with Crippen LogP contribution in [-0.4, -0.2) is 18.4 Å². The standard InChI is InChI=1S/C33H64O3/c1-4-7-9-11-13-15-17-18-20-21-23-25-27-29-31(33(35)36-6-3)32(34)30-28-26-24-22-19-16-14-12-10-8-5-2/h31H,4-30H2,1-3H3. The summed E-state index contributed by atoms with van der Waals surface area (Å²) >= 11 is 0. The van der Waals surface area contributed by atoms with Crippen LogP contribution in [0.15, 0.2) is 0 Å². The SMILES string of the molecule is CCCCCCCCCCCCCCCC(C(=O)CCCCCCCCCCCCC)C(=O)OCC. The number of hydrogen-bond acceptors (Lipinski definition) is 3. The van der Waals surface area contributed by atoms with Crippen molar-refractivity contribution in [2.45, 2.75) is 188 Å². The van der Waals surface area contributed by atoms with Gasteiger partial charge in [0.1, 0.15) is 11.7 Å². The number of esters is 1. The van der Waals surface area contributed by atoms with E-state index < -0.39 is 5.92 Å². The Morgan fingerprint density at radius 2 is 0.806 bits per heavy atom. The van der Waals surface area contributed by atoms with E-state index in [1.807, 2.05) is 6.92 Å². The topological polar surface area (TPSA) is 43.4 Å². The minimum Gasteiger partial charge on any atom is -0.465 e. The summed E-state index contributed by atoms with van der Waals surface area (Å²) in [5.74, 6) is -0.700. The molecule has 0 bridgehead atoms. The molecule has 1 unspecified atom stereocenters. The first kappa shape index (κ1) is 35.1. The van der Waals surface area contributed by atoms with Crippen LogP contribution in [0.1, 0.15) is 188 Å². The summed E-state index contributed by atoms with van der Waals surface area (Å²) in [4.78, 5) is 25.2. The van der Waals surface area contributed by atoms with Gasteiger partial charge in [0.05, 0.1) is 6.61 Å². The first-order valence-corrected chi connectivity index (χ1v) is 16.4. The fraction of sp³-hybridized carbons (Fsp3) is 0.939. The first-order valence-electron chi connectivity index (χ1n) is 16.4. The van der Waals surface area contributed by atoms with Gasteiger partial charge in [-0.1, -0.05) is 162 Å². The molecule has 3 nitrogen and oxygen atoms in total. The van der Waals surface area contributed by atoms with Crippen molar-refractivity contribution >= 4 is 11.8 Å². The Balaban J connectivity index is 3.82. The van der Waals surface area contributed by atoms with Gasteiger partial charge in [-0.25, -0.2) is 0 Å². The summed E-state index contributed by atoms with van der Waals surface area (Å²) in [6.07, 6.45) is 32.2. The van der Waals surface area contributed by atoms with E-state index in [1.54, 1.807) is 0 Å². The van der Waals surface area contributed by atoms with Crippen LogP contribution in [0, 0.1) is 5.92 Å². The molecule has 1 atom stereocenters. The maximum atomic E-state index is 12.8. The molecule has 0 saturated heterocycles. The highest BCUT2D eigenvalue weighted by atomic mass is 16.5. The molecule has 0 radical (unpaired) electrons. The molecule has 0 aliphatic heterocycles. The molecule has 3 heteroatoms. The summed E-state index contributed by atoms with van der Waals surface area (Å²) in [5, 5.41) is 0. The second kappa shape index (κ2) is 28.7. The highest BCUT2D eigenvalue weighted by Crippen LogP contribution is 2.19. The molecule has 0 aliphatic rings. The predicted molar refractivity (Wildman–Crippen MR) is 157 cm³/mol. The van der Waals surface area contributed by atoms with Crippen LogP contribution in [-0.2, 0) is 14.3 Å². The Bertz CT molecular complexity index is 474. The normalized spacial score (nSPS) is 12.1. The van der Waals surface area contributed by atoms with Crippen LogP contribution in [0.25, 0.3) is 0 Å². The predicted octanol–water partition coefficient (Wildman–Crippen LogP) is 10.9. The summed E-state index contributed by atoms with van der Waals surface area (Å²) in [5.41, 5.74) is 0. The van der Waals surface area contributed by atoms with Gasteiger partial charge in [-0.05, 0) is 19.8 Å². The van der Waals surface area contributed by atoms with Crippen LogP contribution in [0.2, 0.25) is 0 Å². The van der Waals surface area contributed by atoms with E-state index in [0.717, 1.165) is 25.7 Å². The van der Waals surface area contributed by atoms with Gasteiger partial charge in [-0.2, -0.15) is 0 Å². The molecule has 36 heavy (non-hydrogen) atoms. The van der Waals surface area contributed by atoms with E-state index >= 15 is 0 Å². The molecule has 0 N–H and O–H groups in total. The molecule has 0 saturated carbocycles. The summed E-state index contributed by atoms with van der Waals surface area (Å²) in [6.45, 7) is 6.72. The highest BCUT2D eigenvalue weighted by molar-refractivity contribution is 5.98. The number of unbranched alkanes of at least 4 members (excludes halogenated alkanes) is 22. The van der Waals surface area contributed by atoms with Crippen molar-refractivity contribution in [1.82, 2.24) is 0 Å². The number of hydrogen-bond donors (Lipinski definition) is 0. The number of ether oxygens (including phenoxy) is 1. The molecule has 0 heterocycles. The summed E-state index contributed by atoms with van der Waals surface area (Å²) in [6, 6.07) is 0. The van der Waals surface area contributed by atoms with E-state index in [-0.39, 0.29) is 11.8 Å². The number of ketones is 1. The molecule has 0 fully saturated rings. The summed E-state index contributed by atoms with van der Waals surface area (Å²) < 4.78 is 5.24. The van der Waals surface area contributed by atoms with Gasteiger partial charge in [0.2, 0.25) is 0 Å². The van der Waals surface area contributed by atoms with Crippen molar-refractivity contribution in [3.05, 3.63) is 0 Å². The zero-order valence-electron chi connectivity index (χ0n) is 24.9. The molecular formula is C33H64O3. The first-order chi connectivity index (χ1) is 17.7. The molecule has 0 rings (SSSR count). The van der Waals surface area contributed by atoms with E-state index in [2.05, 4.69) is 13.8 Å². The number of Topliss-reactive ketones (excluding diaryl/α,β-unsaturated/α-hetero) is 1. The van der Waals surface area contributed by atoms with Crippen LogP contribution in [0.4, 0.5) is 0 Å². The molecule has 0 aromatic heterocycles. The largest absolute Gasteiger partial charge is 0.465 e. The lowest BCUT2D eigenvalue weighted by Gasteiger charge is -2.14. The smallest absolute Gasteiger partial charge is 0.316 e. The van der Waals surface area contributed by atoms with Crippen molar-refractivity contribution < 1.29 is 14.3 Å². The average molecular weight is 509 g/mol. The number of rotatable bonds is 29. The monoisotopic (exact) mass is 508 g/mol. The lowest BCUT2D eigenvalue weighted by molar-refractivity contribution is -0.152. The van der Waals surface area contributed by atoms with Crippen molar-refractivity contribution in [2.75, 3.05) is 6.61 Å². The molecular weight excluding hydrogens is 444 g/mol. The molecule has 0 aromatic carbocycles. The van der Waals surface area contributed by atoms with Crippen LogP contribution in [0.5, 0.6) is 0 Å². The molecule has 0 spiro atoms. The van der Waals surface area contributed by atoms with Crippen molar-refractivity contribution in [1.29, 1.82) is 0 Å². The lowest BCUT2D eigenvalue weighted by atomic mass is 9.92. The van der Waals surface area contributed by atoms with Crippen LogP contribution >= 0.6 is 0 Å². The van der Waals surface area contributed by atoms with E-state index in [1.165, 1.54) is 128 Å². The number of carbonyl (C=O) groups is 2. The Kier molecular flexibility index (Phi) is 28.0. The second-order valence-electron chi connectivity index (χ2n) is 11.1. The maximum absolute atomic E-state index is 12.8.